The van der Waals surface area contributed by atoms with E-state index in [1.54, 1.807) is 18.2 Å². The number of Topliss-reactive ketones (excluding diaryl/α,β-unsaturated/α-hetero) is 1. The predicted molar refractivity (Wildman–Crippen MR) is 161 cm³/mol. The summed E-state index contributed by atoms with van der Waals surface area (Å²) in [5.74, 6) is -6.05. The summed E-state index contributed by atoms with van der Waals surface area (Å²) >= 11 is 6.21. The smallest absolute Gasteiger partial charge is 0.433 e. The number of alkyl halides is 3. The molecule has 2 amide bonds. The van der Waals surface area contributed by atoms with Crippen molar-refractivity contribution in [3.05, 3.63) is 99.3 Å². The third-order valence-corrected chi connectivity index (χ3v) is 9.79. The zero-order chi connectivity index (χ0) is 32.8. The van der Waals surface area contributed by atoms with Crippen LogP contribution in [0.25, 0.3) is 10.8 Å². The zero-order valence-electron chi connectivity index (χ0n) is 24.4. The Hall–Kier alpha value is -4.77. The SMILES string of the molecule is CC1=CC(=O)C2=C(C[C@@H]3C(=CC[C@@H]4C(=O)N(N(C)c5nc(C(F)(F)F)ccc5Cl)C(=O)[C@@H]43)[C@@H]2c2c(O)ccc3ccccc23)C1=O. The molecule has 1 aromatic heterocycles. The fraction of sp³-hybridized carbons (Fsp3) is 0.265. The standard InChI is InChI=1S/C34H25ClF3N3O5/c1-15-13-24(43)28-21(30(15)44)14-20-18(29(28)27-17-6-4-3-5-16(17)7-11-23(27)42)8-9-19-26(20)33(46)41(32(19)45)40(2)31-22(35)10-12-25(39-31)34(36,37)38/h3-8,10-13,19-20,26,29,42H,9,14H2,1-2H3/t19-,20+,26-,29+/m0/s1. The molecule has 4 aliphatic rings. The number of benzene rings is 2. The van der Waals surface area contributed by atoms with Crippen molar-refractivity contribution in [2.75, 3.05) is 12.1 Å². The van der Waals surface area contributed by atoms with Crippen molar-refractivity contribution >= 4 is 51.6 Å². The first kappa shape index (κ1) is 29.9. The van der Waals surface area contributed by atoms with Gasteiger partial charge in [0.15, 0.2) is 17.4 Å². The minimum atomic E-state index is -4.79. The average molecular weight is 648 g/mol. The minimum absolute atomic E-state index is 0.000740. The third-order valence-electron chi connectivity index (χ3n) is 9.50. The van der Waals surface area contributed by atoms with Crippen LogP contribution in [-0.2, 0) is 25.4 Å². The highest BCUT2D eigenvalue weighted by atomic mass is 35.5. The van der Waals surface area contributed by atoms with E-state index in [0.717, 1.165) is 21.5 Å². The number of imide groups is 1. The number of anilines is 1. The van der Waals surface area contributed by atoms with Crippen LogP contribution in [-0.4, -0.2) is 45.5 Å². The Morgan fingerprint density at radius 1 is 1.00 bits per heavy atom. The molecule has 0 bridgehead atoms. The molecule has 2 aromatic carbocycles. The summed E-state index contributed by atoms with van der Waals surface area (Å²) in [5.41, 5.74) is 0.493. The molecule has 0 unspecified atom stereocenters. The Morgan fingerprint density at radius 3 is 2.48 bits per heavy atom. The van der Waals surface area contributed by atoms with Crippen LogP contribution in [0.2, 0.25) is 5.02 Å². The predicted octanol–water partition coefficient (Wildman–Crippen LogP) is 6.09. The van der Waals surface area contributed by atoms with Gasteiger partial charge in [-0.1, -0.05) is 53.6 Å². The maximum absolute atomic E-state index is 14.2. The van der Waals surface area contributed by atoms with Gasteiger partial charge in [-0.2, -0.15) is 18.2 Å². The van der Waals surface area contributed by atoms with Crippen LogP contribution in [0.4, 0.5) is 19.0 Å². The van der Waals surface area contributed by atoms with Crippen molar-refractivity contribution in [1.82, 2.24) is 9.99 Å². The Morgan fingerprint density at radius 2 is 1.74 bits per heavy atom. The number of pyridine rings is 1. The summed E-state index contributed by atoms with van der Waals surface area (Å²) in [6, 6.07) is 12.3. The highest BCUT2D eigenvalue weighted by Crippen LogP contribution is 2.57. The van der Waals surface area contributed by atoms with Crippen LogP contribution >= 0.6 is 11.6 Å². The number of hydrogen-bond acceptors (Lipinski definition) is 7. The normalized spacial score (nSPS) is 24.5. The van der Waals surface area contributed by atoms with Crippen molar-refractivity contribution in [3.63, 3.8) is 0 Å². The molecule has 1 aliphatic heterocycles. The second-order valence-electron chi connectivity index (χ2n) is 12.0. The number of ketones is 2. The molecule has 3 aromatic rings. The molecule has 4 atom stereocenters. The van der Waals surface area contributed by atoms with Gasteiger partial charge in [-0.25, -0.2) is 4.98 Å². The summed E-state index contributed by atoms with van der Waals surface area (Å²) in [6.07, 6.45) is -1.61. The van der Waals surface area contributed by atoms with Gasteiger partial charge in [-0.15, -0.1) is 0 Å². The van der Waals surface area contributed by atoms with Crippen molar-refractivity contribution in [2.45, 2.75) is 31.9 Å². The minimum Gasteiger partial charge on any atom is -0.508 e. The van der Waals surface area contributed by atoms with E-state index in [4.69, 9.17) is 11.6 Å². The number of allylic oxidation sites excluding steroid dienone is 6. The van der Waals surface area contributed by atoms with E-state index in [0.29, 0.717) is 22.6 Å². The number of phenolic OH excluding ortho intramolecular Hbond substituents is 1. The summed E-state index contributed by atoms with van der Waals surface area (Å²) in [7, 11) is 1.24. The van der Waals surface area contributed by atoms with Crippen LogP contribution < -0.4 is 5.01 Å². The van der Waals surface area contributed by atoms with Crippen LogP contribution in [0.5, 0.6) is 5.75 Å². The molecule has 0 spiro atoms. The highest BCUT2D eigenvalue weighted by Gasteiger charge is 2.58. The molecule has 2 heterocycles. The highest BCUT2D eigenvalue weighted by molar-refractivity contribution is 6.33. The van der Waals surface area contributed by atoms with Gasteiger partial charge in [0, 0.05) is 35.2 Å². The number of hydrogen-bond donors (Lipinski definition) is 1. The Labute approximate surface area is 265 Å². The monoisotopic (exact) mass is 647 g/mol. The lowest BCUT2D eigenvalue weighted by molar-refractivity contribution is -0.141. The number of aromatic hydroxyl groups is 1. The van der Waals surface area contributed by atoms with Crippen molar-refractivity contribution < 1.29 is 37.5 Å². The number of hydrazine groups is 1. The van der Waals surface area contributed by atoms with E-state index >= 15 is 0 Å². The van der Waals surface area contributed by atoms with E-state index in [1.807, 2.05) is 18.2 Å². The van der Waals surface area contributed by atoms with Gasteiger partial charge in [-0.05, 0) is 60.7 Å². The molecular weight excluding hydrogens is 623 g/mol. The molecule has 0 saturated carbocycles. The van der Waals surface area contributed by atoms with Crippen molar-refractivity contribution in [3.8, 4) is 5.75 Å². The molecule has 0 radical (unpaired) electrons. The number of carbonyl (C=O) groups excluding carboxylic acids is 4. The molecule has 8 nitrogen and oxygen atoms in total. The fourth-order valence-electron chi connectivity index (χ4n) is 7.49. The Bertz CT molecular complexity index is 2020. The van der Waals surface area contributed by atoms with E-state index in [9.17, 15) is 37.5 Å². The van der Waals surface area contributed by atoms with Gasteiger partial charge in [0.05, 0.1) is 16.9 Å². The number of halogens is 4. The fourth-order valence-corrected chi connectivity index (χ4v) is 7.72. The first-order valence-corrected chi connectivity index (χ1v) is 14.9. The van der Waals surface area contributed by atoms with Crippen LogP contribution in [0, 0.1) is 17.8 Å². The molecule has 1 N–H and O–H groups in total. The number of rotatable bonds is 3. The average Bonchev–Trinajstić information content (AvgIpc) is 3.27. The van der Waals surface area contributed by atoms with Crippen molar-refractivity contribution in [1.29, 1.82) is 0 Å². The summed E-state index contributed by atoms with van der Waals surface area (Å²) < 4.78 is 40.5. The molecule has 1 fully saturated rings. The summed E-state index contributed by atoms with van der Waals surface area (Å²) in [5, 5.41) is 14.2. The quantitative estimate of drug-likeness (QED) is 0.208. The molecule has 7 rings (SSSR count). The van der Waals surface area contributed by atoms with Crippen LogP contribution in [0.3, 0.4) is 0 Å². The molecule has 46 heavy (non-hydrogen) atoms. The third kappa shape index (κ3) is 4.32. The van der Waals surface area contributed by atoms with Crippen LogP contribution in [0.1, 0.15) is 36.9 Å². The second-order valence-corrected chi connectivity index (χ2v) is 12.4. The number of fused-ring (bicyclic) bond motifs is 4. The first-order valence-electron chi connectivity index (χ1n) is 14.6. The van der Waals surface area contributed by atoms with Gasteiger partial charge < -0.3 is 5.11 Å². The van der Waals surface area contributed by atoms with Crippen molar-refractivity contribution in [2.24, 2.45) is 17.8 Å². The number of phenols is 1. The number of aromatic nitrogens is 1. The lowest BCUT2D eigenvalue weighted by Gasteiger charge is -2.42. The van der Waals surface area contributed by atoms with Gasteiger partial charge in [0.2, 0.25) is 0 Å². The van der Waals surface area contributed by atoms with E-state index in [1.165, 1.54) is 26.1 Å². The second kappa shape index (κ2) is 10.4. The number of nitrogens with zero attached hydrogens (tertiary/aromatic N) is 3. The Balaban J connectivity index is 1.36. The van der Waals surface area contributed by atoms with E-state index < -0.39 is 53.2 Å². The lowest BCUT2D eigenvalue weighted by Crippen LogP contribution is -2.46. The maximum Gasteiger partial charge on any atom is 0.433 e. The first-order chi connectivity index (χ1) is 21.8. The van der Waals surface area contributed by atoms with Gasteiger partial charge in [0.25, 0.3) is 11.8 Å². The molecule has 234 valence electrons. The van der Waals surface area contributed by atoms with E-state index in [2.05, 4.69) is 4.98 Å². The maximum atomic E-state index is 14.2. The molecule has 1 saturated heterocycles. The number of carbonyl (C=O) groups is 4. The van der Waals surface area contributed by atoms with Crippen LogP contribution in [0.15, 0.2) is 83.0 Å². The summed E-state index contributed by atoms with van der Waals surface area (Å²) in [6.45, 7) is 1.54. The summed E-state index contributed by atoms with van der Waals surface area (Å²) in [4.78, 5) is 58.9. The molecular formula is C34H25ClF3N3O5. The molecule has 12 heteroatoms. The van der Waals surface area contributed by atoms with Gasteiger partial charge >= 0.3 is 6.18 Å². The molecule has 3 aliphatic carbocycles. The van der Waals surface area contributed by atoms with Gasteiger partial charge in [0.1, 0.15) is 11.4 Å². The lowest BCUT2D eigenvalue weighted by atomic mass is 9.59. The van der Waals surface area contributed by atoms with Gasteiger partial charge in [-0.3, -0.25) is 24.2 Å². The zero-order valence-corrected chi connectivity index (χ0v) is 25.2. The topological polar surface area (TPSA) is 108 Å². The van der Waals surface area contributed by atoms with E-state index in [-0.39, 0.29) is 51.9 Å². The largest absolute Gasteiger partial charge is 0.508 e. The Kier molecular flexibility index (Phi) is 6.75. The number of amides is 2.